The first kappa shape index (κ1) is 22.2. The van der Waals surface area contributed by atoms with Crippen LogP contribution >= 0.6 is 0 Å². The predicted molar refractivity (Wildman–Crippen MR) is 110 cm³/mol. The van der Waals surface area contributed by atoms with Crippen molar-refractivity contribution in [3.63, 3.8) is 0 Å². The summed E-state index contributed by atoms with van der Waals surface area (Å²) in [5, 5.41) is 47.1. The molecule has 10 heteroatoms. The van der Waals surface area contributed by atoms with Crippen molar-refractivity contribution >= 4 is 11.8 Å². The molecule has 0 aliphatic carbocycles. The highest BCUT2D eigenvalue weighted by Gasteiger charge is 2.38. The van der Waals surface area contributed by atoms with Gasteiger partial charge in [-0.15, -0.1) is 0 Å². The van der Waals surface area contributed by atoms with E-state index in [0.29, 0.717) is 12.0 Å². The number of carbonyl (C=O) groups is 2. The number of nitrogens with one attached hydrogen (secondary N) is 3. The van der Waals surface area contributed by atoms with Gasteiger partial charge in [0.2, 0.25) is 5.91 Å². The minimum absolute atomic E-state index is 0.0357. The molecule has 7 N–H and O–H groups in total. The van der Waals surface area contributed by atoms with Crippen LogP contribution in [0.15, 0.2) is 36.4 Å². The van der Waals surface area contributed by atoms with Gasteiger partial charge in [-0.3, -0.25) is 14.9 Å². The molecule has 1 unspecified atom stereocenters. The molecule has 31 heavy (non-hydrogen) atoms. The number of rotatable bonds is 7. The molecular formula is C21H25N3O7. The Morgan fingerprint density at radius 1 is 0.968 bits per heavy atom. The number of hydrogen-bond acceptors (Lipinski definition) is 8. The number of para-hydroxylation sites is 2. The van der Waals surface area contributed by atoms with Crippen LogP contribution in [0.25, 0.3) is 0 Å². The molecule has 3 rings (SSSR count). The van der Waals surface area contributed by atoms with Gasteiger partial charge in [0.1, 0.15) is 12.3 Å². The molecule has 1 heterocycles. The van der Waals surface area contributed by atoms with Gasteiger partial charge in [0.05, 0.1) is 11.7 Å². The van der Waals surface area contributed by atoms with Gasteiger partial charge in [0.25, 0.3) is 5.91 Å². The lowest BCUT2D eigenvalue weighted by Crippen LogP contribution is -2.46. The van der Waals surface area contributed by atoms with E-state index >= 15 is 0 Å². The average Bonchev–Trinajstić information content (AvgIpc) is 3.13. The molecule has 0 radical (unpaired) electrons. The third kappa shape index (κ3) is 4.98. The summed E-state index contributed by atoms with van der Waals surface area (Å²) < 4.78 is 5.70. The van der Waals surface area contributed by atoms with Gasteiger partial charge in [-0.1, -0.05) is 18.2 Å². The molecule has 2 aromatic rings. The van der Waals surface area contributed by atoms with Crippen LogP contribution in [-0.4, -0.2) is 57.5 Å². The van der Waals surface area contributed by atoms with Crippen LogP contribution in [0.5, 0.6) is 23.0 Å². The second-order valence-electron chi connectivity index (χ2n) is 7.15. The van der Waals surface area contributed by atoms with E-state index in [2.05, 4.69) is 16.0 Å². The van der Waals surface area contributed by atoms with E-state index in [1.54, 1.807) is 19.1 Å². The Kier molecular flexibility index (Phi) is 6.83. The standard InChI is InChI=1S/C21H25N3O7/c1-11-16(24-21(31-11)13-6-3-8-15(26)18(13)28)20(30)23-10-4-9-22-19(29)12-5-2-7-14(25)17(12)27/h2-3,5-8,11,16,21,24-28H,4,9-10H2,1H3,(H,22,29)(H,23,30)/t11-,16+,21?/m1/s1. The highest BCUT2D eigenvalue weighted by molar-refractivity contribution is 5.97. The molecule has 166 valence electrons. The normalized spacial score (nSPS) is 20.4. The quantitative estimate of drug-likeness (QED) is 0.251. The minimum Gasteiger partial charge on any atom is -0.504 e. The number of benzene rings is 2. The van der Waals surface area contributed by atoms with E-state index in [1.807, 2.05) is 0 Å². The summed E-state index contributed by atoms with van der Waals surface area (Å²) in [6, 6.07) is 7.96. The van der Waals surface area contributed by atoms with E-state index in [-0.39, 0.29) is 41.8 Å². The van der Waals surface area contributed by atoms with E-state index in [9.17, 15) is 30.0 Å². The molecular weight excluding hydrogens is 406 g/mol. The number of hydrogen-bond donors (Lipinski definition) is 7. The zero-order valence-corrected chi connectivity index (χ0v) is 16.8. The number of aromatic hydroxyl groups is 4. The van der Waals surface area contributed by atoms with Crippen molar-refractivity contribution in [1.29, 1.82) is 0 Å². The first-order valence-corrected chi connectivity index (χ1v) is 9.78. The van der Waals surface area contributed by atoms with Gasteiger partial charge < -0.3 is 35.8 Å². The maximum atomic E-state index is 12.5. The van der Waals surface area contributed by atoms with Gasteiger partial charge in [-0.2, -0.15) is 0 Å². The lowest BCUT2D eigenvalue weighted by Gasteiger charge is -2.15. The molecule has 3 atom stereocenters. The van der Waals surface area contributed by atoms with Gasteiger partial charge in [-0.05, 0) is 31.5 Å². The third-order valence-corrected chi connectivity index (χ3v) is 4.96. The molecule has 0 aromatic heterocycles. The number of phenols is 4. The second-order valence-corrected chi connectivity index (χ2v) is 7.15. The Morgan fingerprint density at radius 2 is 1.61 bits per heavy atom. The first-order valence-electron chi connectivity index (χ1n) is 9.78. The first-order chi connectivity index (χ1) is 14.8. The highest BCUT2D eigenvalue weighted by Crippen LogP contribution is 2.36. The van der Waals surface area contributed by atoms with Crippen LogP contribution in [0, 0.1) is 0 Å². The Morgan fingerprint density at radius 3 is 2.35 bits per heavy atom. The van der Waals surface area contributed by atoms with E-state index in [4.69, 9.17) is 4.74 Å². The molecule has 1 aliphatic rings. The minimum atomic E-state index is -0.743. The lowest BCUT2D eigenvalue weighted by atomic mass is 10.1. The zero-order valence-electron chi connectivity index (χ0n) is 16.8. The summed E-state index contributed by atoms with van der Waals surface area (Å²) in [6.07, 6.45) is -0.775. The number of carbonyl (C=O) groups excluding carboxylic acids is 2. The number of amides is 2. The molecule has 2 aromatic carbocycles. The Balaban J connectivity index is 1.44. The molecule has 10 nitrogen and oxygen atoms in total. The van der Waals surface area contributed by atoms with Gasteiger partial charge in [-0.25, -0.2) is 0 Å². The van der Waals surface area contributed by atoms with E-state index in [0.717, 1.165) is 0 Å². The van der Waals surface area contributed by atoms with Crippen molar-refractivity contribution in [1.82, 2.24) is 16.0 Å². The Bertz CT molecular complexity index is 966. The van der Waals surface area contributed by atoms with Crippen molar-refractivity contribution in [2.45, 2.75) is 31.7 Å². The maximum absolute atomic E-state index is 12.5. The summed E-state index contributed by atoms with van der Waals surface area (Å²) in [5.41, 5.74) is 0.298. The fourth-order valence-corrected chi connectivity index (χ4v) is 3.26. The van der Waals surface area contributed by atoms with Crippen LogP contribution in [0.2, 0.25) is 0 Å². The maximum Gasteiger partial charge on any atom is 0.255 e. The SMILES string of the molecule is C[C@H]1OC(c2cccc(O)c2O)N[C@@H]1C(=O)NCCCNC(=O)c1cccc(O)c1O. The summed E-state index contributed by atoms with van der Waals surface area (Å²) >= 11 is 0. The zero-order chi connectivity index (χ0) is 22.5. The van der Waals surface area contributed by atoms with Crippen LogP contribution < -0.4 is 16.0 Å². The van der Waals surface area contributed by atoms with Crippen LogP contribution in [0.1, 0.15) is 35.5 Å². The van der Waals surface area contributed by atoms with Crippen molar-refractivity contribution in [3.8, 4) is 23.0 Å². The van der Waals surface area contributed by atoms with E-state index in [1.165, 1.54) is 24.3 Å². The Hall–Kier alpha value is -3.50. The topological polar surface area (TPSA) is 160 Å². The smallest absolute Gasteiger partial charge is 0.255 e. The molecule has 0 spiro atoms. The number of ether oxygens (including phenoxy) is 1. The van der Waals surface area contributed by atoms with Gasteiger partial charge in [0.15, 0.2) is 23.0 Å². The highest BCUT2D eigenvalue weighted by atomic mass is 16.5. The second kappa shape index (κ2) is 9.54. The molecule has 2 amide bonds. The third-order valence-electron chi connectivity index (χ3n) is 4.96. The molecule has 0 saturated carbocycles. The lowest BCUT2D eigenvalue weighted by molar-refractivity contribution is -0.123. The summed E-state index contributed by atoms with van der Waals surface area (Å²) in [7, 11) is 0. The molecule has 1 aliphatic heterocycles. The summed E-state index contributed by atoms with van der Waals surface area (Å²) in [5.74, 6) is -2.27. The summed E-state index contributed by atoms with van der Waals surface area (Å²) in [6.45, 7) is 2.26. The average molecular weight is 431 g/mol. The summed E-state index contributed by atoms with van der Waals surface area (Å²) in [4.78, 5) is 24.5. The van der Waals surface area contributed by atoms with E-state index < -0.39 is 30.0 Å². The van der Waals surface area contributed by atoms with Crippen molar-refractivity contribution in [2.24, 2.45) is 0 Å². The van der Waals surface area contributed by atoms with Gasteiger partial charge >= 0.3 is 0 Å². The van der Waals surface area contributed by atoms with Crippen molar-refractivity contribution in [2.75, 3.05) is 13.1 Å². The number of phenolic OH excluding ortho intramolecular Hbond substituents is 4. The van der Waals surface area contributed by atoms with Crippen molar-refractivity contribution in [3.05, 3.63) is 47.5 Å². The van der Waals surface area contributed by atoms with Crippen LogP contribution in [0.3, 0.4) is 0 Å². The monoisotopic (exact) mass is 431 g/mol. The predicted octanol–water partition coefficient (Wildman–Crippen LogP) is 0.821. The fourth-order valence-electron chi connectivity index (χ4n) is 3.26. The van der Waals surface area contributed by atoms with Gasteiger partial charge in [0, 0.05) is 18.7 Å². The molecule has 1 fully saturated rings. The largest absolute Gasteiger partial charge is 0.504 e. The molecule has 0 bridgehead atoms. The molecule has 1 saturated heterocycles. The fraction of sp³-hybridized carbons (Fsp3) is 0.333. The van der Waals surface area contributed by atoms with Crippen LogP contribution in [-0.2, 0) is 9.53 Å². The van der Waals surface area contributed by atoms with Crippen LogP contribution in [0.4, 0.5) is 0 Å². The van der Waals surface area contributed by atoms with Crippen molar-refractivity contribution < 1.29 is 34.8 Å². The Labute approximate surface area is 178 Å².